The van der Waals surface area contributed by atoms with Crippen molar-refractivity contribution in [2.24, 2.45) is 5.73 Å². The minimum absolute atomic E-state index is 0.122. The number of nitriles is 1. The van der Waals surface area contributed by atoms with Crippen molar-refractivity contribution in [3.63, 3.8) is 0 Å². The number of aromatic nitrogens is 1. The predicted molar refractivity (Wildman–Crippen MR) is 70.9 cm³/mol. The van der Waals surface area contributed by atoms with Crippen molar-refractivity contribution in [2.45, 2.75) is 13.3 Å². The molecule has 1 amide bonds. The SMILES string of the molecule is CCOC(=O)/C(C#N)=C(\N)CC(=O)Nc1ccccn1. The second-order valence-corrected chi connectivity index (χ2v) is 3.67. The quantitative estimate of drug-likeness (QED) is 0.463. The number of pyridine rings is 1. The van der Waals surface area contributed by atoms with Gasteiger partial charge in [-0.15, -0.1) is 0 Å². The lowest BCUT2D eigenvalue weighted by atomic mass is 10.1. The molecular formula is C13H14N4O3. The normalized spacial score (nSPS) is 11.0. The molecule has 0 unspecified atom stereocenters. The van der Waals surface area contributed by atoms with Crippen LogP contribution >= 0.6 is 0 Å². The highest BCUT2D eigenvalue weighted by Gasteiger charge is 2.16. The Labute approximate surface area is 116 Å². The molecule has 7 heteroatoms. The highest BCUT2D eigenvalue weighted by molar-refractivity contribution is 5.97. The van der Waals surface area contributed by atoms with Gasteiger partial charge >= 0.3 is 5.97 Å². The van der Waals surface area contributed by atoms with Gasteiger partial charge in [0.25, 0.3) is 0 Å². The number of anilines is 1. The molecule has 0 fully saturated rings. The van der Waals surface area contributed by atoms with Crippen molar-refractivity contribution in [1.82, 2.24) is 4.98 Å². The van der Waals surface area contributed by atoms with E-state index in [9.17, 15) is 9.59 Å². The van der Waals surface area contributed by atoms with Gasteiger partial charge in [0.1, 0.15) is 11.9 Å². The van der Waals surface area contributed by atoms with Crippen LogP contribution in [0.3, 0.4) is 0 Å². The Morgan fingerprint density at radius 1 is 1.50 bits per heavy atom. The lowest BCUT2D eigenvalue weighted by molar-refractivity contribution is -0.138. The molecular weight excluding hydrogens is 260 g/mol. The number of nitrogens with zero attached hydrogens (tertiary/aromatic N) is 2. The molecule has 104 valence electrons. The molecule has 0 bridgehead atoms. The molecule has 0 aliphatic heterocycles. The van der Waals surface area contributed by atoms with Gasteiger partial charge in [0, 0.05) is 11.9 Å². The number of amides is 1. The Morgan fingerprint density at radius 3 is 2.80 bits per heavy atom. The van der Waals surface area contributed by atoms with Gasteiger partial charge < -0.3 is 15.8 Å². The minimum Gasteiger partial charge on any atom is -0.462 e. The predicted octanol–water partition coefficient (Wildman–Crippen LogP) is 0.710. The molecule has 7 nitrogen and oxygen atoms in total. The summed E-state index contributed by atoms with van der Waals surface area (Å²) in [6, 6.07) is 6.66. The fraction of sp³-hybridized carbons (Fsp3) is 0.231. The van der Waals surface area contributed by atoms with Crippen molar-refractivity contribution >= 4 is 17.7 Å². The highest BCUT2D eigenvalue weighted by atomic mass is 16.5. The average molecular weight is 274 g/mol. The summed E-state index contributed by atoms with van der Waals surface area (Å²) >= 11 is 0. The van der Waals surface area contributed by atoms with Gasteiger partial charge in [-0.1, -0.05) is 6.07 Å². The van der Waals surface area contributed by atoms with Gasteiger partial charge in [0.15, 0.2) is 5.57 Å². The van der Waals surface area contributed by atoms with Crippen LogP contribution in [0.1, 0.15) is 13.3 Å². The number of hydrogen-bond donors (Lipinski definition) is 2. The standard InChI is InChI=1S/C13H14N4O3/c1-2-20-13(19)9(8-14)10(15)7-12(18)17-11-5-3-4-6-16-11/h3-6H,2,7,15H2,1H3,(H,16,17,18)/b10-9-. The smallest absolute Gasteiger partial charge is 0.350 e. The largest absolute Gasteiger partial charge is 0.462 e. The summed E-state index contributed by atoms with van der Waals surface area (Å²) in [6.45, 7) is 1.73. The van der Waals surface area contributed by atoms with Crippen LogP contribution in [0.25, 0.3) is 0 Å². The number of carbonyl (C=O) groups excluding carboxylic acids is 2. The summed E-state index contributed by atoms with van der Waals surface area (Å²) in [5, 5.41) is 11.4. The van der Waals surface area contributed by atoms with E-state index in [0.29, 0.717) is 5.82 Å². The third-order valence-corrected chi connectivity index (χ3v) is 2.20. The Balaban J connectivity index is 2.73. The second kappa shape index (κ2) is 7.53. The molecule has 1 aromatic rings. The third kappa shape index (κ3) is 4.42. The number of esters is 1. The molecule has 0 aliphatic rings. The van der Waals surface area contributed by atoms with E-state index in [0.717, 1.165) is 0 Å². The van der Waals surface area contributed by atoms with E-state index in [1.54, 1.807) is 31.2 Å². The van der Waals surface area contributed by atoms with Crippen molar-refractivity contribution in [3.05, 3.63) is 35.7 Å². The molecule has 1 heterocycles. The average Bonchev–Trinajstić information content (AvgIpc) is 2.40. The van der Waals surface area contributed by atoms with Gasteiger partial charge in [0.2, 0.25) is 5.91 Å². The van der Waals surface area contributed by atoms with Gasteiger partial charge in [-0.3, -0.25) is 4.79 Å². The zero-order chi connectivity index (χ0) is 15.0. The first-order chi connectivity index (χ1) is 9.58. The monoisotopic (exact) mass is 274 g/mol. The summed E-state index contributed by atoms with van der Waals surface area (Å²) in [4.78, 5) is 27.0. The van der Waals surface area contributed by atoms with Crippen LogP contribution in [0.2, 0.25) is 0 Å². The van der Waals surface area contributed by atoms with Crippen molar-refractivity contribution in [2.75, 3.05) is 11.9 Å². The van der Waals surface area contributed by atoms with E-state index >= 15 is 0 Å². The first kappa shape index (κ1) is 15.2. The maximum atomic E-state index is 11.7. The van der Waals surface area contributed by atoms with Gasteiger partial charge in [-0.05, 0) is 19.1 Å². The third-order valence-electron chi connectivity index (χ3n) is 2.20. The topological polar surface area (TPSA) is 118 Å². The van der Waals surface area contributed by atoms with Crippen molar-refractivity contribution in [1.29, 1.82) is 5.26 Å². The number of nitrogens with one attached hydrogen (secondary N) is 1. The van der Waals surface area contributed by atoms with Crippen LogP contribution in [0.5, 0.6) is 0 Å². The molecule has 0 spiro atoms. The fourth-order valence-corrected chi connectivity index (χ4v) is 1.34. The Hall–Kier alpha value is -2.88. The lowest BCUT2D eigenvalue weighted by Gasteiger charge is -2.06. The van der Waals surface area contributed by atoms with Crippen LogP contribution in [0.15, 0.2) is 35.7 Å². The van der Waals surface area contributed by atoms with Crippen LogP contribution in [0, 0.1) is 11.3 Å². The molecule has 0 saturated carbocycles. The molecule has 3 N–H and O–H groups in total. The van der Waals surface area contributed by atoms with E-state index in [1.165, 1.54) is 6.20 Å². The first-order valence-corrected chi connectivity index (χ1v) is 5.85. The maximum Gasteiger partial charge on any atom is 0.350 e. The van der Waals surface area contributed by atoms with E-state index < -0.39 is 11.9 Å². The minimum atomic E-state index is -0.835. The summed E-state index contributed by atoms with van der Waals surface area (Å²) < 4.78 is 4.67. The Morgan fingerprint density at radius 2 is 2.25 bits per heavy atom. The number of carbonyl (C=O) groups is 2. The summed E-state index contributed by atoms with van der Waals surface area (Å²) in [6.07, 6.45) is 1.23. The molecule has 1 rings (SSSR count). The van der Waals surface area contributed by atoms with Gasteiger partial charge in [-0.2, -0.15) is 5.26 Å². The van der Waals surface area contributed by atoms with Crippen molar-refractivity contribution in [3.8, 4) is 6.07 Å². The highest BCUT2D eigenvalue weighted by Crippen LogP contribution is 2.07. The van der Waals surface area contributed by atoms with Crippen molar-refractivity contribution < 1.29 is 14.3 Å². The molecule has 0 radical (unpaired) electrons. The van der Waals surface area contributed by atoms with E-state index in [4.69, 9.17) is 11.0 Å². The molecule has 1 aromatic heterocycles. The Kier molecular flexibility index (Phi) is 5.72. The fourth-order valence-electron chi connectivity index (χ4n) is 1.34. The van der Waals surface area contributed by atoms with Crippen LogP contribution in [0.4, 0.5) is 5.82 Å². The Bertz CT molecular complexity index is 561. The molecule has 0 atom stereocenters. The molecule has 0 aliphatic carbocycles. The number of rotatable bonds is 5. The molecule has 20 heavy (non-hydrogen) atoms. The van der Waals surface area contributed by atoms with E-state index in [2.05, 4.69) is 15.0 Å². The zero-order valence-electron chi connectivity index (χ0n) is 10.9. The maximum absolute atomic E-state index is 11.7. The summed E-state index contributed by atoms with van der Waals surface area (Å²) in [5.74, 6) is -0.948. The molecule has 0 saturated heterocycles. The number of ether oxygens (including phenoxy) is 1. The molecule has 0 aromatic carbocycles. The van der Waals surface area contributed by atoms with Gasteiger partial charge in [-0.25, -0.2) is 9.78 Å². The zero-order valence-corrected chi connectivity index (χ0v) is 10.9. The van der Waals surface area contributed by atoms with Crippen LogP contribution < -0.4 is 11.1 Å². The van der Waals surface area contributed by atoms with E-state index in [-0.39, 0.29) is 24.3 Å². The van der Waals surface area contributed by atoms with E-state index in [1.807, 2.05) is 0 Å². The van der Waals surface area contributed by atoms with Crippen LogP contribution in [-0.4, -0.2) is 23.5 Å². The van der Waals surface area contributed by atoms with Gasteiger partial charge in [0.05, 0.1) is 13.0 Å². The number of hydrogen-bond acceptors (Lipinski definition) is 6. The summed E-state index contributed by atoms with van der Waals surface area (Å²) in [7, 11) is 0. The summed E-state index contributed by atoms with van der Waals surface area (Å²) in [5.41, 5.74) is 5.09. The lowest BCUT2D eigenvalue weighted by Crippen LogP contribution is -2.19. The number of nitrogens with two attached hydrogens (primary N) is 1. The van der Waals surface area contributed by atoms with Crippen LogP contribution in [-0.2, 0) is 14.3 Å². The first-order valence-electron chi connectivity index (χ1n) is 5.85. The second-order valence-electron chi connectivity index (χ2n) is 3.67.